The molecule has 1 amide bonds. The van der Waals surface area contributed by atoms with Crippen molar-refractivity contribution in [3.05, 3.63) is 45.9 Å². The minimum Gasteiger partial charge on any atom is -0.308 e. The van der Waals surface area contributed by atoms with Crippen molar-refractivity contribution >= 4 is 22.9 Å². The predicted octanol–water partition coefficient (Wildman–Crippen LogP) is 3.22. The number of aryl methyl sites for hydroxylation is 2. The van der Waals surface area contributed by atoms with Crippen LogP contribution < -0.4 is 4.90 Å². The first-order valence-electron chi connectivity index (χ1n) is 8.63. The molecule has 0 N–H and O–H groups in total. The van der Waals surface area contributed by atoms with Crippen LogP contribution in [0.5, 0.6) is 0 Å². The summed E-state index contributed by atoms with van der Waals surface area (Å²) in [5.74, 6) is 0.690. The standard InChI is InChI=1S/C19H23N3OS/c1-13-3-4-16-14(11-13)15-12-21(2)9-7-17(15)22(16)19(23)6-5-18-20-8-10-24-18/h3-4,8,10-11,15,17H,5-7,9,12H2,1-2H3/t15-,17-/m0/s1. The number of amides is 1. The summed E-state index contributed by atoms with van der Waals surface area (Å²) in [6.07, 6.45) is 4.15. The van der Waals surface area contributed by atoms with Crippen molar-refractivity contribution in [1.82, 2.24) is 9.88 Å². The molecule has 4 nitrogen and oxygen atoms in total. The lowest BCUT2D eigenvalue weighted by molar-refractivity contribution is -0.119. The Morgan fingerprint density at radius 1 is 1.42 bits per heavy atom. The maximum atomic E-state index is 13.0. The molecule has 1 saturated heterocycles. The van der Waals surface area contributed by atoms with Crippen LogP contribution in [0.2, 0.25) is 0 Å². The van der Waals surface area contributed by atoms with Gasteiger partial charge in [-0.05, 0) is 38.6 Å². The number of fused-ring (bicyclic) bond motifs is 3. The van der Waals surface area contributed by atoms with E-state index in [-0.39, 0.29) is 5.91 Å². The zero-order valence-corrected chi connectivity index (χ0v) is 15.1. The monoisotopic (exact) mass is 341 g/mol. The van der Waals surface area contributed by atoms with Crippen molar-refractivity contribution in [2.24, 2.45) is 0 Å². The van der Waals surface area contributed by atoms with Crippen LogP contribution in [0.1, 0.15) is 34.9 Å². The molecule has 5 heteroatoms. The zero-order chi connectivity index (χ0) is 16.7. The molecule has 2 aliphatic rings. The quantitative estimate of drug-likeness (QED) is 0.860. The number of benzene rings is 1. The van der Waals surface area contributed by atoms with E-state index in [1.165, 1.54) is 11.1 Å². The normalized spacial score (nSPS) is 23.2. The first kappa shape index (κ1) is 15.8. The fourth-order valence-electron chi connectivity index (χ4n) is 4.12. The Labute approximate surface area is 147 Å². The molecule has 1 aromatic heterocycles. The van der Waals surface area contributed by atoms with Crippen molar-refractivity contribution in [2.45, 2.75) is 38.1 Å². The van der Waals surface area contributed by atoms with Gasteiger partial charge in [0.2, 0.25) is 5.91 Å². The van der Waals surface area contributed by atoms with Gasteiger partial charge in [0.05, 0.1) is 5.01 Å². The molecule has 2 aromatic rings. The number of likely N-dealkylation sites (N-methyl/N-ethyl adjacent to an activating group) is 1. The van der Waals surface area contributed by atoms with Gasteiger partial charge < -0.3 is 9.80 Å². The van der Waals surface area contributed by atoms with Crippen LogP contribution in [-0.4, -0.2) is 42.0 Å². The Hall–Kier alpha value is -1.72. The molecule has 0 unspecified atom stereocenters. The van der Waals surface area contributed by atoms with E-state index in [2.05, 4.69) is 47.0 Å². The molecule has 2 atom stereocenters. The summed E-state index contributed by atoms with van der Waals surface area (Å²) >= 11 is 1.63. The molecule has 1 fully saturated rings. The summed E-state index contributed by atoms with van der Waals surface area (Å²) < 4.78 is 0. The van der Waals surface area contributed by atoms with E-state index in [1.807, 2.05) is 11.6 Å². The molecule has 0 radical (unpaired) electrons. The van der Waals surface area contributed by atoms with Crippen LogP contribution in [-0.2, 0) is 11.2 Å². The number of piperidine rings is 1. The number of carbonyl (C=O) groups is 1. The second-order valence-electron chi connectivity index (χ2n) is 6.98. The topological polar surface area (TPSA) is 36.4 Å². The predicted molar refractivity (Wildman–Crippen MR) is 97.7 cm³/mol. The second kappa shape index (κ2) is 6.30. The van der Waals surface area contributed by atoms with Crippen LogP contribution >= 0.6 is 11.3 Å². The summed E-state index contributed by atoms with van der Waals surface area (Å²) in [5, 5.41) is 3.02. The van der Waals surface area contributed by atoms with E-state index in [9.17, 15) is 4.79 Å². The lowest BCUT2D eigenvalue weighted by Crippen LogP contribution is -2.47. The fourth-order valence-corrected chi connectivity index (χ4v) is 4.74. The summed E-state index contributed by atoms with van der Waals surface area (Å²) in [4.78, 5) is 21.8. The number of thiazole rings is 1. The first-order valence-corrected chi connectivity index (χ1v) is 9.51. The van der Waals surface area contributed by atoms with Crippen LogP contribution in [0, 0.1) is 6.92 Å². The maximum absolute atomic E-state index is 13.0. The van der Waals surface area contributed by atoms with Crippen LogP contribution in [0.3, 0.4) is 0 Å². The third-order valence-electron chi connectivity index (χ3n) is 5.26. The molecule has 0 aliphatic carbocycles. The molecule has 126 valence electrons. The fraction of sp³-hybridized carbons (Fsp3) is 0.474. The molecule has 1 aromatic carbocycles. The van der Waals surface area contributed by atoms with Gasteiger partial charge in [-0.15, -0.1) is 11.3 Å². The molecule has 3 heterocycles. The minimum atomic E-state index is 0.243. The summed E-state index contributed by atoms with van der Waals surface area (Å²) in [7, 11) is 2.18. The number of carbonyl (C=O) groups excluding carboxylic acids is 1. The smallest absolute Gasteiger partial charge is 0.227 e. The summed E-state index contributed by atoms with van der Waals surface area (Å²) in [6.45, 7) is 4.23. The Balaban J connectivity index is 1.61. The number of hydrogen-bond donors (Lipinski definition) is 0. The number of likely N-dealkylation sites (tertiary alicyclic amines) is 1. The van der Waals surface area contributed by atoms with E-state index < -0.39 is 0 Å². The Kier molecular flexibility index (Phi) is 4.14. The van der Waals surface area contributed by atoms with Gasteiger partial charge in [-0.1, -0.05) is 17.7 Å². The SMILES string of the molecule is Cc1ccc2c(c1)[C@@H]1CN(C)CC[C@@H]1N2C(=O)CCc1nccs1. The number of nitrogens with zero attached hydrogens (tertiary/aromatic N) is 3. The van der Waals surface area contributed by atoms with Crippen molar-refractivity contribution in [1.29, 1.82) is 0 Å². The van der Waals surface area contributed by atoms with E-state index in [0.717, 1.165) is 36.6 Å². The average Bonchev–Trinajstić information content (AvgIpc) is 3.18. The van der Waals surface area contributed by atoms with Gasteiger partial charge in [0.1, 0.15) is 0 Å². The molecule has 4 rings (SSSR count). The van der Waals surface area contributed by atoms with E-state index in [1.54, 1.807) is 11.3 Å². The molecule has 0 saturated carbocycles. The maximum Gasteiger partial charge on any atom is 0.227 e. The van der Waals surface area contributed by atoms with Gasteiger partial charge in [0.15, 0.2) is 0 Å². The number of anilines is 1. The number of rotatable bonds is 3. The van der Waals surface area contributed by atoms with E-state index >= 15 is 0 Å². The van der Waals surface area contributed by atoms with Gasteiger partial charge in [0.25, 0.3) is 0 Å². The largest absolute Gasteiger partial charge is 0.308 e. The third-order valence-corrected chi connectivity index (χ3v) is 6.10. The molecule has 2 aliphatic heterocycles. The van der Waals surface area contributed by atoms with Gasteiger partial charge in [-0.3, -0.25) is 4.79 Å². The highest BCUT2D eigenvalue weighted by atomic mass is 32.1. The van der Waals surface area contributed by atoms with E-state index in [0.29, 0.717) is 18.4 Å². The van der Waals surface area contributed by atoms with Crippen molar-refractivity contribution in [2.75, 3.05) is 25.0 Å². The molecule has 0 bridgehead atoms. The van der Waals surface area contributed by atoms with Gasteiger partial charge in [-0.2, -0.15) is 0 Å². The Morgan fingerprint density at radius 3 is 3.08 bits per heavy atom. The molecule has 24 heavy (non-hydrogen) atoms. The van der Waals surface area contributed by atoms with Crippen LogP contribution in [0.15, 0.2) is 29.8 Å². The zero-order valence-electron chi connectivity index (χ0n) is 14.2. The van der Waals surface area contributed by atoms with Crippen LogP contribution in [0.4, 0.5) is 5.69 Å². The second-order valence-corrected chi connectivity index (χ2v) is 7.96. The highest BCUT2D eigenvalue weighted by Crippen LogP contribution is 2.45. The van der Waals surface area contributed by atoms with Gasteiger partial charge in [0, 0.05) is 48.6 Å². The Bertz CT molecular complexity index is 743. The highest BCUT2D eigenvalue weighted by molar-refractivity contribution is 7.09. The van der Waals surface area contributed by atoms with Crippen molar-refractivity contribution < 1.29 is 4.79 Å². The van der Waals surface area contributed by atoms with E-state index in [4.69, 9.17) is 0 Å². The lowest BCUT2D eigenvalue weighted by Gasteiger charge is -2.36. The number of hydrogen-bond acceptors (Lipinski definition) is 4. The summed E-state index contributed by atoms with van der Waals surface area (Å²) in [6, 6.07) is 6.87. The molecule has 0 spiro atoms. The number of aromatic nitrogens is 1. The van der Waals surface area contributed by atoms with Crippen molar-refractivity contribution in [3.63, 3.8) is 0 Å². The van der Waals surface area contributed by atoms with Gasteiger partial charge >= 0.3 is 0 Å². The summed E-state index contributed by atoms with van der Waals surface area (Å²) in [5.41, 5.74) is 3.77. The lowest BCUT2D eigenvalue weighted by atomic mass is 9.89. The average molecular weight is 341 g/mol. The van der Waals surface area contributed by atoms with Gasteiger partial charge in [-0.25, -0.2) is 4.98 Å². The Morgan fingerprint density at radius 2 is 2.29 bits per heavy atom. The van der Waals surface area contributed by atoms with Crippen LogP contribution in [0.25, 0.3) is 0 Å². The molecular weight excluding hydrogens is 318 g/mol. The van der Waals surface area contributed by atoms with Crippen molar-refractivity contribution in [3.8, 4) is 0 Å². The highest BCUT2D eigenvalue weighted by Gasteiger charge is 2.43. The first-order chi connectivity index (χ1) is 11.6. The third kappa shape index (κ3) is 2.76. The minimum absolute atomic E-state index is 0.243. The molecular formula is C19H23N3OS.